The van der Waals surface area contributed by atoms with Crippen LogP contribution in [0.2, 0.25) is 0 Å². The first-order valence-electron chi connectivity index (χ1n) is 7.35. The van der Waals surface area contributed by atoms with Crippen LogP contribution in [0.5, 0.6) is 0 Å². The van der Waals surface area contributed by atoms with Crippen LogP contribution >= 0.6 is 0 Å². The van der Waals surface area contributed by atoms with Crippen LogP contribution in [0.15, 0.2) is 6.07 Å². The number of rotatable bonds is 6. The Labute approximate surface area is 120 Å². The van der Waals surface area contributed by atoms with Crippen LogP contribution in [0.1, 0.15) is 26.1 Å². The molecule has 2 heterocycles. The van der Waals surface area contributed by atoms with Crippen molar-refractivity contribution in [2.75, 3.05) is 49.7 Å². The highest BCUT2D eigenvalue weighted by molar-refractivity contribution is 5.49. The minimum Gasteiger partial charge on any atom is -0.380 e. The summed E-state index contributed by atoms with van der Waals surface area (Å²) in [6.07, 6.45) is 1.03. The molecule has 0 bridgehead atoms. The molecule has 1 aliphatic rings. The molecule has 112 valence electrons. The van der Waals surface area contributed by atoms with Gasteiger partial charge in [0, 0.05) is 38.9 Å². The molecule has 0 spiro atoms. The van der Waals surface area contributed by atoms with E-state index in [4.69, 9.17) is 9.47 Å². The average molecular weight is 280 g/mol. The summed E-state index contributed by atoms with van der Waals surface area (Å²) >= 11 is 0. The van der Waals surface area contributed by atoms with Gasteiger partial charge in [0.1, 0.15) is 18.2 Å². The molecule has 0 aromatic carbocycles. The summed E-state index contributed by atoms with van der Waals surface area (Å²) in [6, 6.07) is 2.00. The normalized spacial score (nSPS) is 16.0. The van der Waals surface area contributed by atoms with E-state index in [2.05, 4.69) is 27.1 Å². The van der Waals surface area contributed by atoms with Gasteiger partial charge >= 0.3 is 0 Å². The average Bonchev–Trinajstić information content (AvgIpc) is 2.74. The lowest BCUT2D eigenvalue weighted by Gasteiger charge is -2.22. The Morgan fingerprint density at radius 2 is 2.20 bits per heavy atom. The number of anilines is 2. The van der Waals surface area contributed by atoms with Gasteiger partial charge in [0.25, 0.3) is 0 Å². The van der Waals surface area contributed by atoms with Crippen LogP contribution in [-0.2, 0) is 16.1 Å². The highest BCUT2D eigenvalue weighted by Gasteiger charge is 2.14. The Balaban J connectivity index is 2.17. The molecule has 6 nitrogen and oxygen atoms in total. The molecule has 1 aromatic heterocycles. The third kappa shape index (κ3) is 4.31. The Morgan fingerprint density at radius 1 is 1.30 bits per heavy atom. The standard InChI is InChI=1S/C14H24N4O2/c1-3-15-12-10-14(17-13(16-12)11-19-4-2)18-6-5-8-20-9-7-18/h10H,3-9,11H2,1-2H3,(H,15,16,17). The molecule has 1 fully saturated rings. The lowest BCUT2D eigenvalue weighted by molar-refractivity contribution is 0.128. The zero-order valence-corrected chi connectivity index (χ0v) is 12.4. The molecule has 0 unspecified atom stereocenters. The molecule has 1 aliphatic heterocycles. The second-order valence-electron chi connectivity index (χ2n) is 4.65. The molecule has 0 amide bonds. The highest BCUT2D eigenvalue weighted by Crippen LogP contribution is 2.18. The minimum atomic E-state index is 0.451. The van der Waals surface area contributed by atoms with Crippen LogP contribution < -0.4 is 10.2 Å². The second kappa shape index (κ2) is 8.01. The predicted molar refractivity (Wildman–Crippen MR) is 79.2 cm³/mol. The van der Waals surface area contributed by atoms with Gasteiger partial charge in [-0.25, -0.2) is 9.97 Å². The molecule has 1 N–H and O–H groups in total. The van der Waals surface area contributed by atoms with Gasteiger partial charge in [0.15, 0.2) is 5.82 Å². The smallest absolute Gasteiger partial charge is 0.158 e. The number of hydrogen-bond acceptors (Lipinski definition) is 6. The SMILES string of the molecule is CCNc1cc(N2CCCOCC2)nc(COCC)n1. The highest BCUT2D eigenvalue weighted by atomic mass is 16.5. The Hall–Kier alpha value is -1.40. The zero-order valence-electron chi connectivity index (χ0n) is 12.4. The fourth-order valence-corrected chi connectivity index (χ4v) is 2.15. The fraction of sp³-hybridized carbons (Fsp3) is 0.714. The molecule has 20 heavy (non-hydrogen) atoms. The van der Waals surface area contributed by atoms with Crippen molar-refractivity contribution in [3.8, 4) is 0 Å². The molecular formula is C14H24N4O2. The molecule has 2 rings (SSSR count). The van der Waals surface area contributed by atoms with E-state index < -0.39 is 0 Å². The van der Waals surface area contributed by atoms with Crippen molar-refractivity contribution in [3.63, 3.8) is 0 Å². The number of nitrogens with one attached hydrogen (secondary N) is 1. The number of ether oxygens (including phenoxy) is 2. The third-order valence-corrected chi connectivity index (χ3v) is 3.10. The van der Waals surface area contributed by atoms with E-state index in [1.54, 1.807) is 0 Å². The first kappa shape index (κ1) is 15.0. The van der Waals surface area contributed by atoms with E-state index >= 15 is 0 Å². The van der Waals surface area contributed by atoms with Gasteiger partial charge in [-0.15, -0.1) is 0 Å². The number of aromatic nitrogens is 2. The monoisotopic (exact) mass is 280 g/mol. The third-order valence-electron chi connectivity index (χ3n) is 3.10. The van der Waals surface area contributed by atoms with Gasteiger partial charge < -0.3 is 19.7 Å². The van der Waals surface area contributed by atoms with E-state index in [1.807, 2.05) is 13.0 Å². The molecule has 0 aliphatic carbocycles. The van der Waals surface area contributed by atoms with Crippen LogP contribution in [0.3, 0.4) is 0 Å². The van der Waals surface area contributed by atoms with E-state index in [9.17, 15) is 0 Å². The quantitative estimate of drug-likeness (QED) is 0.855. The molecule has 1 aromatic rings. The first-order valence-corrected chi connectivity index (χ1v) is 7.35. The van der Waals surface area contributed by atoms with Crippen LogP contribution in [0.4, 0.5) is 11.6 Å². The summed E-state index contributed by atoms with van der Waals surface area (Å²) < 4.78 is 10.9. The molecule has 6 heteroatoms. The van der Waals surface area contributed by atoms with Crippen molar-refractivity contribution in [1.82, 2.24) is 9.97 Å². The topological polar surface area (TPSA) is 59.5 Å². The van der Waals surface area contributed by atoms with Crippen LogP contribution in [0.25, 0.3) is 0 Å². The lowest BCUT2D eigenvalue weighted by Crippen LogP contribution is -2.27. The van der Waals surface area contributed by atoms with Gasteiger partial charge in [0.2, 0.25) is 0 Å². The lowest BCUT2D eigenvalue weighted by atomic mass is 10.3. The summed E-state index contributed by atoms with van der Waals surface area (Å²) in [6.45, 7) is 9.41. The largest absolute Gasteiger partial charge is 0.380 e. The molecule has 1 saturated heterocycles. The van der Waals surface area contributed by atoms with Gasteiger partial charge in [0.05, 0.1) is 6.61 Å². The van der Waals surface area contributed by atoms with Crippen molar-refractivity contribution < 1.29 is 9.47 Å². The maximum absolute atomic E-state index is 5.49. The zero-order chi connectivity index (χ0) is 14.2. The number of nitrogens with zero attached hydrogens (tertiary/aromatic N) is 3. The van der Waals surface area contributed by atoms with E-state index in [0.29, 0.717) is 13.2 Å². The predicted octanol–water partition coefficient (Wildman–Crippen LogP) is 1.67. The van der Waals surface area contributed by atoms with Crippen LogP contribution in [-0.4, -0.2) is 49.4 Å². The molecule has 0 radical (unpaired) electrons. The van der Waals surface area contributed by atoms with Crippen molar-refractivity contribution >= 4 is 11.6 Å². The van der Waals surface area contributed by atoms with Crippen molar-refractivity contribution in [2.45, 2.75) is 26.9 Å². The van der Waals surface area contributed by atoms with Crippen molar-refractivity contribution in [3.05, 3.63) is 11.9 Å². The minimum absolute atomic E-state index is 0.451. The fourth-order valence-electron chi connectivity index (χ4n) is 2.15. The first-order chi connectivity index (χ1) is 9.83. The maximum atomic E-state index is 5.49. The van der Waals surface area contributed by atoms with E-state index in [0.717, 1.165) is 56.7 Å². The summed E-state index contributed by atoms with van der Waals surface area (Å²) in [4.78, 5) is 11.3. The Bertz CT molecular complexity index is 406. The number of hydrogen-bond donors (Lipinski definition) is 1. The summed E-state index contributed by atoms with van der Waals surface area (Å²) in [7, 11) is 0. The van der Waals surface area contributed by atoms with E-state index in [1.165, 1.54) is 0 Å². The maximum Gasteiger partial charge on any atom is 0.158 e. The summed E-state index contributed by atoms with van der Waals surface area (Å²) in [5.74, 6) is 2.54. The van der Waals surface area contributed by atoms with E-state index in [-0.39, 0.29) is 0 Å². The Morgan fingerprint density at radius 3 is 3.00 bits per heavy atom. The van der Waals surface area contributed by atoms with Gasteiger partial charge in [-0.3, -0.25) is 0 Å². The summed E-state index contributed by atoms with van der Waals surface area (Å²) in [5, 5.41) is 3.25. The van der Waals surface area contributed by atoms with Gasteiger partial charge in [-0.05, 0) is 20.3 Å². The van der Waals surface area contributed by atoms with Gasteiger partial charge in [-0.2, -0.15) is 0 Å². The molecular weight excluding hydrogens is 256 g/mol. The second-order valence-corrected chi connectivity index (χ2v) is 4.65. The van der Waals surface area contributed by atoms with Crippen LogP contribution in [0, 0.1) is 0 Å². The molecule has 0 atom stereocenters. The van der Waals surface area contributed by atoms with Crippen molar-refractivity contribution in [2.24, 2.45) is 0 Å². The van der Waals surface area contributed by atoms with Crippen molar-refractivity contribution in [1.29, 1.82) is 0 Å². The van der Waals surface area contributed by atoms with Gasteiger partial charge in [-0.1, -0.05) is 0 Å². The molecule has 0 saturated carbocycles. The Kier molecular flexibility index (Phi) is 6.01. The summed E-state index contributed by atoms with van der Waals surface area (Å²) in [5.41, 5.74) is 0.